The van der Waals surface area contributed by atoms with Crippen molar-refractivity contribution in [1.29, 1.82) is 0 Å². The van der Waals surface area contributed by atoms with Gasteiger partial charge in [-0.25, -0.2) is 8.42 Å². The summed E-state index contributed by atoms with van der Waals surface area (Å²) in [6, 6.07) is 5.29. The zero-order chi connectivity index (χ0) is 18.8. The zero-order valence-electron chi connectivity index (χ0n) is 14.3. The number of aromatic nitrogens is 2. The Morgan fingerprint density at radius 2 is 1.85 bits per heavy atom. The predicted octanol–water partition coefficient (Wildman–Crippen LogP) is 2.81. The van der Waals surface area contributed by atoms with Crippen LogP contribution in [0.1, 0.15) is 50.2 Å². The maximum atomic E-state index is 13.0. The summed E-state index contributed by atoms with van der Waals surface area (Å²) in [5.74, 6) is 0.618. The van der Waals surface area contributed by atoms with Crippen LogP contribution < -0.4 is 4.72 Å². The normalized spacial score (nSPS) is 17.6. The maximum absolute atomic E-state index is 13.0. The number of rotatable bonds is 5. The smallest absolute Gasteiger partial charge is 0.289 e. The number of aryl methyl sites for hydroxylation is 1. The molecule has 1 aliphatic carbocycles. The molecule has 26 heavy (non-hydrogen) atoms. The standard InChI is InChI=1S/C16H20N4O5S/c1-12-17-15(18-25-12)16(10-6-2-3-7-11-16)19-26(23,24)14-9-5-4-8-13(14)20(21)22/h4-5,8-9,19H,2-3,6-7,10-11H2,1H3. The molecular weight excluding hydrogens is 360 g/mol. The van der Waals surface area contributed by atoms with E-state index in [1.807, 2.05) is 0 Å². The Morgan fingerprint density at radius 3 is 2.42 bits per heavy atom. The molecule has 9 nitrogen and oxygen atoms in total. The average molecular weight is 380 g/mol. The molecule has 1 saturated carbocycles. The summed E-state index contributed by atoms with van der Waals surface area (Å²) in [5, 5.41) is 15.2. The lowest BCUT2D eigenvalue weighted by molar-refractivity contribution is -0.387. The van der Waals surface area contributed by atoms with Crippen molar-refractivity contribution in [3.05, 3.63) is 46.1 Å². The number of para-hydroxylation sites is 1. The molecule has 1 aromatic carbocycles. The molecule has 1 fully saturated rings. The number of benzene rings is 1. The molecule has 1 N–H and O–H groups in total. The first-order valence-electron chi connectivity index (χ1n) is 8.42. The highest BCUT2D eigenvalue weighted by Gasteiger charge is 2.42. The summed E-state index contributed by atoms with van der Waals surface area (Å²) in [4.78, 5) is 14.4. The first-order valence-corrected chi connectivity index (χ1v) is 9.91. The van der Waals surface area contributed by atoms with Gasteiger partial charge in [0.1, 0.15) is 0 Å². The molecule has 3 rings (SSSR count). The maximum Gasteiger partial charge on any atom is 0.289 e. The molecule has 0 atom stereocenters. The van der Waals surface area contributed by atoms with Crippen LogP contribution in [0.15, 0.2) is 33.7 Å². The summed E-state index contributed by atoms with van der Waals surface area (Å²) >= 11 is 0. The van der Waals surface area contributed by atoms with Crippen molar-refractivity contribution in [2.24, 2.45) is 0 Å². The van der Waals surface area contributed by atoms with E-state index in [4.69, 9.17) is 4.52 Å². The fourth-order valence-corrected chi connectivity index (χ4v) is 4.94. The fourth-order valence-electron chi connectivity index (χ4n) is 3.34. The minimum absolute atomic E-state index is 0.277. The predicted molar refractivity (Wildman–Crippen MR) is 91.8 cm³/mol. The van der Waals surface area contributed by atoms with Crippen LogP contribution in [0.25, 0.3) is 0 Å². The average Bonchev–Trinajstić information content (AvgIpc) is 2.91. The Kier molecular flexibility index (Phi) is 5.05. The number of nitro benzene ring substituents is 1. The van der Waals surface area contributed by atoms with E-state index in [0.717, 1.165) is 25.7 Å². The van der Waals surface area contributed by atoms with Gasteiger partial charge in [0.25, 0.3) is 5.69 Å². The number of nitro groups is 1. The van der Waals surface area contributed by atoms with E-state index >= 15 is 0 Å². The Balaban J connectivity index is 2.05. The fraction of sp³-hybridized carbons (Fsp3) is 0.500. The Hall–Kier alpha value is -2.33. The number of nitrogens with one attached hydrogen (secondary N) is 1. The highest BCUT2D eigenvalue weighted by atomic mass is 32.2. The quantitative estimate of drug-likeness (QED) is 0.480. The second-order valence-corrected chi connectivity index (χ2v) is 8.11. The van der Waals surface area contributed by atoms with Crippen molar-refractivity contribution in [3.63, 3.8) is 0 Å². The van der Waals surface area contributed by atoms with Crippen LogP contribution in [0, 0.1) is 17.0 Å². The number of nitrogens with zero attached hydrogens (tertiary/aromatic N) is 3. The van der Waals surface area contributed by atoms with Crippen molar-refractivity contribution in [2.75, 3.05) is 0 Å². The minimum Gasteiger partial charge on any atom is -0.340 e. The number of hydrogen-bond acceptors (Lipinski definition) is 7. The SMILES string of the molecule is Cc1nc(C2(NS(=O)(=O)c3ccccc3[N+](=O)[O-])CCCCCC2)no1. The van der Waals surface area contributed by atoms with Gasteiger partial charge in [0.2, 0.25) is 15.9 Å². The van der Waals surface area contributed by atoms with E-state index in [2.05, 4.69) is 14.9 Å². The van der Waals surface area contributed by atoms with E-state index in [9.17, 15) is 18.5 Å². The first-order chi connectivity index (χ1) is 12.3. The molecular formula is C16H20N4O5S. The van der Waals surface area contributed by atoms with E-state index < -0.39 is 26.2 Å². The van der Waals surface area contributed by atoms with Crippen molar-refractivity contribution in [2.45, 2.75) is 55.9 Å². The molecule has 0 unspecified atom stereocenters. The van der Waals surface area contributed by atoms with E-state index in [1.54, 1.807) is 6.92 Å². The monoisotopic (exact) mass is 380 g/mol. The molecule has 10 heteroatoms. The van der Waals surface area contributed by atoms with E-state index in [1.165, 1.54) is 24.3 Å². The van der Waals surface area contributed by atoms with Gasteiger partial charge >= 0.3 is 0 Å². The minimum atomic E-state index is -4.16. The molecule has 0 aliphatic heterocycles. The molecule has 0 amide bonds. The van der Waals surface area contributed by atoms with Gasteiger partial charge in [-0.2, -0.15) is 9.71 Å². The molecule has 1 heterocycles. The Bertz CT molecular complexity index is 901. The third-order valence-corrected chi connectivity index (χ3v) is 6.18. The second kappa shape index (κ2) is 7.12. The largest absolute Gasteiger partial charge is 0.340 e. The topological polar surface area (TPSA) is 128 Å². The Labute approximate surface area is 151 Å². The summed E-state index contributed by atoms with van der Waals surface area (Å²) in [6.45, 7) is 1.64. The molecule has 1 aliphatic rings. The van der Waals surface area contributed by atoms with Gasteiger partial charge in [-0.3, -0.25) is 10.1 Å². The summed E-state index contributed by atoms with van der Waals surface area (Å²) in [7, 11) is -4.16. The van der Waals surface area contributed by atoms with Crippen LogP contribution in [0.3, 0.4) is 0 Å². The van der Waals surface area contributed by atoms with Gasteiger partial charge < -0.3 is 4.52 Å². The second-order valence-electron chi connectivity index (χ2n) is 6.46. The van der Waals surface area contributed by atoms with Crippen molar-refractivity contribution < 1.29 is 17.9 Å². The van der Waals surface area contributed by atoms with Crippen LogP contribution in [0.5, 0.6) is 0 Å². The van der Waals surface area contributed by atoms with Gasteiger partial charge in [-0.05, 0) is 18.9 Å². The van der Waals surface area contributed by atoms with E-state index in [0.29, 0.717) is 18.7 Å². The highest BCUT2D eigenvalue weighted by molar-refractivity contribution is 7.89. The van der Waals surface area contributed by atoms with Gasteiger partial charge in [0.15, 0.2) is 10.7 Å². The zero-order valence-corrected chi connectivity index (χ0v) is 15.2. The summed E-state index contributed by atoms with van der Waals surface area (Å²) in [5.41, 5.74) is -1.50. The number of hydrogen-bond donors (Lipinski definition) is 1. The summed E-state index contributed by atoms with van der Waals surface area (Å²) < 4.78 is 33.8. The summed E-state index contributed by atoms with van der Waals surface area (Å²) in [6.07, 6.45) is 4.56. The third-order valence-electron chi connectivity index (χ3n) is 4.59. The van der Waals surface area contributed by atoms with Gasteiger partial charge in [-0.1, -0.05) is 43.0 Å². The van der Waals surface area contributed by atoms with Gasteiger partial charge in [-0.15, -0.1) is 0 Å². The molecule has 0 radical (unpaired) electrons. The lowest BCUT2D eigenvalue weighted by Gasteiger charge is -2.30. The molecule has 140 valence electrons. The van der Waals surface area contributed by atoms with E-state index in [-0.39, 0.29) is 10.7 Å². The van der Waals surface area contributed by atoms with Crippen molar-refractivity contribution >= 4 is 15.7 Å². The molecule has 0 spiro atoms. The molecule has 0 bridgehead atoms. The number of sulfonamides is 1. The van der Waals surface area contributed by atoms with Crippen LogP contribution in [0.2, 0.25) is 0 Å². The highest BCUT2D eigenvalue weighted by Crippen LogP contribution is 2.37. The van der Waals surface area contributed by atoms with Crippen molar-refractivity contribution in [3.8, 4) is 0 Å². The molecule has 2 aromatic rings. The van der Waals surface area contributed by atoms with Crippen LogP contribution in [0.4, 0.5) is 5.69 Å². The molecule has 1 aromatic heterocycles. The lowest BCUT2D eigenvalue weighted by Crippen LogP contribution is -2.46. The lowest BCUT2D eigenvalue weighted by atomic mass is 9.91. The van der Waals surface area contributed by atoms with Crippen LogP contribution >= 0.6 is 0 Å². The van der Waals surface area contributed by atoms with Crippen molar-refractivity contribution in [1.82, 2.24) is 14.9 Å². The van der Waals surface area contributed by atoms with Gasteiger partial charge in [0.05, 0.1) is 10.5 Å². The van der Waals surface area contributed by atoms with Gasteiger partial charge in [0, 0.05) is 13.0 Å². The Morgan fingerprint density at radius 1 is 1.19 bits per heavy atom. The molecule has 0 saturated heterocycles. The third kappa shape index (κ3) is 3.61. The first kappa shape index (κ1) is 18.5. The van der Waals surface area contributed by atoms with Crippen LogP contribution in [-0.2, 0) is 15.6 Å². The van der Waals surface area contributed by atoms with Crippen LogP contribution in [-0.4, -0.2) is 23.5 Å².